The second kappa shape index (κ2) is 7.15. The molecule has 8 nitrogen and oxygen atoms in total. The smallest absolute Gasteiger partial charge is 0.328 e. The molecular weight excluding hydrogens is 362 g/mol. The maximum absolute atomic E-state index is 12.4. The number of fused-ring (bicyclic) bond motifs is 2. The molecule has 1 amide bonds. The minimum Gasteiger partial charge on any atom is -0.454 e. The first-order chi connectivity index (χ1) is 13.5. The summed E-state index contributed by atoms with van der Waals surface area (Å²) in [4.78, 5) is 50.5. The number of nitrogens with one attached hydrogen (secondary N) is 1. The standard InChI is InChI=1S/C20H17N3O5/c24-17(22-10-9-13-5-1-4-8-16(13)22)12-28-18(25)11-23-20(27)15-7-3-2-6-14(15)19(26)21-23/h1-8H,9-12H2,(H,21,26). The van der Waals surface area contributed by atoms with Crippen molar-refractivity contribution < 1.29 is 14.3 Å². The Kier molecular flexibility index (Phi) is 4.52. The lowest BCUT2D eigenvalue weighted by molar-refractivity contribution is -0.148. The van der Waals surface area contributed by atoms with Gasteiger partial charge in [0.15, 0.2) is 6.61 Å². The van der Waals surface area contributed by atoms with Crippen LogP contribution in [-0.2, 0) is 27.3 Å². The van der Waals surface area contributed by atoms with Gasteiger partial charge in [-0.3, -0.25) is 24.3 Å². The van der Waals surface area contributed by atoms with Gasteiger partial charge in [-0.2, -0.15) is 0 Å². The zero-order valence-corrected chi connectivity index (χ0v) is 14.9. The first-order valence-electron chi connectivity index (χ1n) is 8.80. The third-order valence-corrected chi connectivity index (χ3v) is 4.72. The van der Waals surface area contributed by atoms with E-state index in [-0.39, 0.29) is 16.7 Å². The van der Waals surface area contributed by atoms with Crippen molar-refractivity contribution in [1.29, 1.82) is 0 Å². The molecule has 2 heterocycles. The van der Waals surface area contributed by atoms with Gasteiger partial charge >= 0.3 is 5.97 Å². The SMILES string of the molecule is O=C(Cn1[nH]c(=O)c2ccccc2c1=O)OCC(=O)N1CCc2ccccc21. The molecule has 2 aromatic carbocycles. The molecule has 0 saturated carbocycles. The zero-order valence-electron chi connectivity index (χ0n) is 14.9. The van der Waals surface area contributed by atoms with Crippen molar-refractivity contribution in [2.24, 2.45) is 0 Å². The molecule has 1 N–H and O–H groups in total. The van der Waals surface area contributed by atoms with Crippen LogP contribution >= 0.6 is 0 Å². The number of esters is 1. The summed E-state index contributed by atoms with van der Waals surface area (Å²) in [6.45, 7) is -0.379. The number of ether oxygens (including phenoxy) is 1. The second-order valence-corrected chi connectivity index (χ2v) is 6.46. The van der Waals surface area contributed by atoms with Gasteiger partial charge in [0.2, 0.25) is 0 Å². The lowest BCUT2D eigenvalue weighted by Crippen LogP contribution is -2.36. The highest BCUT2D eigenvalue weighted by atomic mass is 16.5. The summed E-state index contributed by atoms with van der Waals surface area (Å²) < 4.78 is 5.92. The fraction of sp³-hybridized carbons (Fsp3) is 0.200. The van der Waals surface area contributed by atoms with Crippen molar-refractivity contribution in [2.45, 2.75) is 13.0 Å². The summed E-state index contributed by atoms with van der Waals surface area (Å²) in [5.74, 6) is -1.12. The van der Waals surface area contributed by atoms with E-state index in [1.165, 1.54) is 12.1 Å². The van der Waals surface area contributed by atoms with Gasteiger partial charge in [-0.15, -0.1) is 0 Å². The van der Waals surface area contributed by atoms with Crippen LogP contribution in [0.3, 0.4) is 0 Å². The summed E-state index contributed by atoms with van der Waals surface area (Å²) in [7, 11) is 0. The summed E-state index contributed by atoms with van der Waals surface area (Å²) in [6.07, 6.45) is 0.754. The van der Waals surface area contributed by atoms with Crippen LogP contribution in [-0.4, -0.2) is 34.8 Å². The Bertz CT molecular complexity index is 1190. The highest BCUT2D eigenvalue weighted by molar-refractivity contribution is 5.97. The van der Waals surface area contributed by atoms with Gasteiger partial charge in [0, 0.05) is 12.2 Å². The number of benzene rings is 2. The molecule has 0 saturated heterocycles. The van der Waals surface area contributed by atoms with Crippen LogP contribution in [0.15, 0.2) is 58.1 Å². The van der Waals surface area contributed by atoms with Crippen molar-refractivity contribution in [3.8, 4) is 0 Å². The molecule has 4 rings (SSSR count). The number of carbonyl (C=O) groups excluding carboxylic acids is 2. The van der Waals surface area contributed by atoms with Crippen molar-refractivity contribution in [2.75, 3.05) is 18.1 Å². The number of anilines is 1. The van der Waals surface area contributed by atoms with Crippen molar-refractivity contribution >= 4 is 28.3 Å². The molecule has 1 aliphatic rings. The maximum atomic E-state index is 12.4. The fourth-order valence-electron chi connectivity index (χ4n) is 3.35. The van der Waals surface area contributed by atoms with E-state index in [9.17, 15) is 19.2 Å². The summed E-state index contributed by atoms with van der Waals surface area (Å²) in [5.41, 5.74) is 0.904. The Morgan fingerprint density at radius 1 is 1.00 bits per heavy atom. The number of amides is 1. The third kappa shape index (κ3) is 3.20. The maximum Gasteiger partial charge on any atom is 0.328 e. The molecule has 0 atom stereocenters. The predicted octanol–water partition coefficient (Wildman–Crippen LogP) is 0.822. The van der Waals surface area contributed by atoms with E-state index in [1.54, 1.807) is 17.0 Å². The Morgan fingerprint density at radius 3 is 2.54 bits per heavy atom. The molecule has 0 unspecified atom stereocenters. The summed E-state index contributed by atoms with van der Waals surface area (Å²) in [6, 6.07) is 13.9. The molecule has 142 valence electrons. The molecule has 0 fully saturated rings. The van der Waals surface area contributed by atoms with Crippen molar-refractivity contribution in [3.63, 3.8) is 0 Å². The van der Waals surface area contributed by atoms with Gasteiger partial charge in [0.1, 0.15) is 6.54 Å². The Morgan fingerprint density at radius 2 is 1.71 bits per heavy atom. The van der Waals surface area contributed by atoms with Gasteiger partial charge in [0.25, 0.3) is 17.0 Å². The van der Waals surface area contributed by atoms with E-state index in [1.807, 2.05) is 24.3 Å². The molecule has 1 aromatic heterocycles. The number of nitrogens with zero attached hydrogens (tertiary/aromatic N) is 2. The first kappa shape index (κ1) is 17.7. The molecule has 0 aliphatic carbocycles. The average molecular weight is 379 g/mol. The number of carbonyl (C=O) groups is 2. The van der Waals surface area contributed by atoms with Gasteiger partial charge < -0.3 is 9.64 Å². The highest BCUT2D eigenvalue weighted by Gasteiger charge is 2.25. The monoisotopic (exact) mass is 379 g/mol. The van der Waals surface area contributed by atoms with E-state index >= 15 is 0 Å². The van der Waals surface area contributed by atoms with E-state index in [0.29, 0.717) is 6.54 Å². The third-order valence-electron chi connectivity index (χ3n) is 4.72. The van der Waals surface area contributed by atoms with Crippen LogP contribution in [0.25, 0.3) is 10.8 Å². The van der Waals surface area contributed by atoms with E-state index in [4.69, 9.17) is 4.74 Å². The fourth-order valence-corrected chi connectivity index (χ4v) is 3.35. The van der Waals surface area contributed by atoms with Crippen molar-refractivity contribution in [3.05, 3.63) is 74.8 Å². The lowest BCUT2D eigenvalue weighted by Gasteiger charge is -2.17. The molecule has 3 aromatic rings. The minimum atomic E-state index is -0.783. The lowest BCUT2D eigenvalue weighted by atomic mass is 10.2. The summed E-state index contributed by atoms with van der Waals surface area (Å²) >= 11 is 0. The van der Waals surface area contributed by atoms with Gasteiger partial charge in [0.05, 0.1) is 10.8 Å². The van der Waals surface area contributed by atoms with Crippen LogP contribution in [0.5, 0.6) is 0 Å². The number of H-pyrrole nitrogens is 1. The van der Waals surface area contributed by atoms with Crippen LogP contribution in [0, 0.1) is 0 Å². The van der Waals surface area contributed by atoms with Crippen LogP contribution in [0.1, 0.15) is 5.56 Å². The van der Waals surface area contributed by atoms with Crippen LogP contribution in [0.4, 0.5) is 5.69 Å². The molecule has 0 radical (unpaired) electrons. The Labute approximate surface area is 158 Å². The highest BCUT2D eigenvalue weighted by Crippen LogP contribution is 2.27. The normalized spacial score (nSPS) is 12.8. The number of hydrogen-bond donors (Lipinski definition) is 1. The first-order valence-corrected chi connectivity index (χ1v) is 8.80. The number of rotatable bonds is 4. The molecule has 0 bridgehead atoms. The van der Waals surface area contributed by atoms with Gasteiger partial charge in [-0.25, -0.2) is 4.68 Å². The Balaban J connectivity index is 1.44. The number of hydrogen-bond acceptors (Lipinski definition) is 5. The molecular formula is C20H17N3O5. The number of aromatic amines is 1. The van der Waals surface area contributed by atoms with Crippen LogP contribution < -0.4 is 16.0 Å². The quantitative estimate of drug-likeness (QED) is 0.677. The topological polar surface area (TPSA) is 101 Å². The second-order valence-electron chi connectivity index (χ2n) is 6.46. The van der Waals surface area contributed by atoms with Crippen molar-refractivity contribution in [1.82, 2.24) is 9.78 Å². The molecule has 8 heteroatoms. The van der Waals surface area contributed by atoms with Crippen LogP contribution in [0.2, 0.25) is 0 Å². The van der Waals surface area contributed by atoms with E-state index in [2.05, 4.69) is 5.10 Å². The molecule has 28 heavy (non-hydrogen) atoms. The predicted molar refractivity (Wildman–Crippen MR) is 102 cm³/mol. The minimum absolute atomic E-state index is 0.212. The zero-order chi connectivity index (χ0) is 19.7. The van der Waals surface area contributed by atoms with Gasteiger partial charge in [-0.05, 0) is 30.2 Å². The van der Waals surface area contributed by atoms with E-state index in [0.717, 1.165) is 22.4 Å². The Hall–Kier alpha value is -3.68. The average Bonchev–Trinajstić information content (AvgIpc) is 3.14. The van der Waals surface area contributed by atoms with E-state index < -0.39 is 30.2 Å². The number of aromatic nitrogens is 2. The largest absolute Gasteiger partial charge is 0.454 e. The van der Waals surface area contributed by atoms with Gasteiger partial charge in [-0.1, -0.05) is 30.3 Å². The number of para-hydroxylation sites is 1. The molecule has 0 spiro atoms. The molecule has 1 aliphatic heterocycles. The summed E-state index contributed by atoms with van der Waals surface area (Å²) in [5, 5.41) is 2.82.